The number of carbonyl (C=O) groups excluding carboxylic acids is 1. The molecule has 2 N–H and O–H groups in total. The second-order valence-electron chi connectivity index (χ2n) is 10.9. The van der Waals surface area contributed by atoms with Crippen LogP contribution in [0.25, 0.3) is 0 Å². The molecule has 1 saturated heterocycles. The van der Waals surface area contributed by atoms with Crippen molar-refractivity contribution >= 4 is 5.91 Å². The van der Waals surface area contributed by atoms with Gasteiger partial charge >= 0.3 is 0 Å². The average Bonchev–Trinajstić information content (AvgIpc) is 3.43. The van der Waals surface area contributed by atoms with E-state index in [2.05, 4.69) is 16.7 Å². The number of hydrogen-bond donors (Lipinski definition) is 2. The van der Waals surface area contributed by atoms with E-state index in [1.165, 1.54) is 70.6 Å². The molecule has 5 rings (SSSR count). The summed E-state index contributed by atoms with van der Waals surface area (Å²) in [4.78, 5) is 13.0. The number of amides is 1. The van der Waals surface area contributed by atoms with Crippen LogP contribution in [0.4, 0.5) is 0 Å². The monoisotopic (exact) mass is 490 g/mol. The lowest BCUT2D eigenvalue weighted by molar-refractivity contribution is -0.123. The summed E-state index contributed by atoms with van der Waals surface area (Å²) < 4.78 is 12.6. The predicted octanol–water partition coefficient (Wildman–Crippen LogP) is 7.05. The first-order chi connectivity index (χ1) is 17.8. The molecule has 2 atom stereocenters. The van der Waals surface area contributed by atoms with Crippen molar-refractivity contribution in [3.05, 3.63) is 53.6 Å². The second kappa shape index (κ2) is 12.6. The number of benzene rings is 2. The summed E-state index contributed by atoms with van der Waals surface area (Å²) in [5.74, 6) is 3.10. The van der Waals surface area contributed by atoms with Crippen molar-refractivity contribution in [3.63, 3.8) is 0 Å². The molecular formula is C31H42N2O3. The Labute approximate surface area is 216 Å². The van der Waals surface area contributed by atoms with Crippen LogP contribution in [0, 0.1) is 5.92 Å². The smallest absolute Gasteiger partial charge is 0.237 e. The van der Waals surface area contributed by atoms with Gasteiger partial charge in [0.15, 0.2) is 0 Å². The molecular weight excluding hydrogens is 448 g/mol. The molecule has 0 aromatic heterocycles. The molecule has 0 radical (unpaired) electrons. The van der Waals surface area contributed by atoms with E-state index in [0.717, 1.165) is 54.4 Å². The molecule has 2 aliphatic heterocycles. The molecule has 1 saturated carbocycles. The normalized spacial score (nSPS) is 23.3. The zero-order valence-corrected chi connectivity index (χ0v) is 21.6. The van der Waals surface area contributed by atoms with Crippen LogP contribution in [-0.2, 0) is 4.79 Å². The molecule has 194 valence electrons. The van der Waals surface area contributed by atoms with Crippen LogP contribution in [0.3, 0.4) is 0 Å². The van der Waals surface area contributed by atoms with Crippen LogP contribution >= 0.6 is 0 Å². The minimum Gasteiger partial charge on any atom is -0.493 e. The highest BCUT2D eigenvalue weighted by molar-refractivity contribution is 5.83. The first-order valence-electron chi connectivity index (χ1n) is 14.4. The van der Waals surface area contributed by atoms with Crippen LogP contribution < -0.4 is 20.1 Å². The minimum atomic E-state index is -0.222. The summed E-state index contributed by atoms with van der Waals surface area (Å²) in [6, 6.07) is 13.8. The molecule has 36 heavy (non-hydrogen) atoms. The molecule has 5 heteroatoms. The van der Waals surface area contributed by atoms with E-state index in [0.29, 0.717) is 5.92 Å². The summed E-state index contributed by atoms with van der Waals surface area (Å²) >= 11 is 0. The predicted molar refractivity (Wildman–Crippen MR) is 144 cm³/mol. The fraction of sp³-hybridized carbons (Fsp3) is 0.581. The largest absolute Gasteiger partial charge is 0.493 e. The molecule has 1 unspecified atom stereocenters. The number of carbonyl (C=O) groups is 1. The highest BCUT2D eigenvalue weighted by atomic mass is 16.5. The minimum absolute atomic E-state index is 0.0583. The van der Waals surface area contributed by atoms with Gasteiger partial charge in [-0.15, -0.1) is 0 Å². The lowest BCUT2D eigenvalue weighted by Gasteiger charge is -2.30. The summed E-state index contributed by atoms with van der Waals surface area (Å²) in [7, 11) is 0. The molecule has 2 fully saturated rings. The average molecular weight is 491 g/mol. The van der Waals surface area contributed by atoms with Gasteiger partial charge in [0.2, 0.25) is 5.91 Å². The maximum atomic E-state index is 13.0. The van der Waals surface area contributed by atoms with E-state index >= 15 is 0 Å². The summed E-state index contributed by atoms with van der Waals surface area (Å²) in [5.41, 5.74) is 1.98. The van der Waals surface area contributed by atoms with E-state index < -0.39 is 0 Å². The zero-order valence-electron chi connectivity index (χ0n) is 21.6. The molecule has 2 heterocycles. The van der Waals surface area contributed by atoms with Gasteiger partial charge in [0.1, 0.15) is 17.2 Å². The number of nitrogens with one attached hydrogen (secondary N) is 2. The molecule has 0 bridgehead atoms. The van der Waals surface area contributed by atoms with Crippen molar-refractivity contribution in [3.8, 4) is 17.2 Å². The van der Waals surface area contributed by atoms with Gasteiger partial charge in [-0.25, -0.2) is 0 Å². The van der Waals surface area contributed by atoms with Crippen molar-refractivity contribution in [2.45, 2.75) is 95.6 Å². The molecule has 1 aliphatic carbocycles. The Morgan fingerprint density at radius 3 is 2.25 bits per heavy atom. The van der Waals surface area contributed by atoms with Gasteiger partial charge in [-0.1, -0.05) is 76.0 Å². The lowest BCUT2D eigenvalue weighted by Crippen LogP contribution is -2.42. The molecule has 1 amide bonds. The highest BCUT2D eigenvalue weighted by Gasteiger charge is 2.31. The third-order valence-electron chi connectivity index (χ3n) is 8.12. The van der Waals surface area contributed by atoms with Crippen molar-refractivity contribution in [2.24, 2.45) is 5.92 Å². The Kier molecular flexibility index (Phi) is 8.81. The Morgan fingerprint density at radius 2 is 1.53 bits per heavy atom. The van der Waals surface area contributed by atoms with Crippen LogP contribution in [0.2, 0.25) is 0 Å². The maximum absolute atomic E-state index is 13.0. The van der Waals surface area contributed by atoms with Crippen molar-refractivity contribution in [2.75, 3.05) is 13.2 Å². The Morgan fingerprint density at radius 1 is 0.833 bits per heavy atom. The fourth-order valence-corrected chi connectivity index (χ4v) is 5.96. The zero-order chi connectivity index (χ0) is 24.6. The third kappa shape index (κ3) is 6.42. The summed E-state index contributed by atoms with van der Waals surface area (Å²) in [6.07, 6.45) is 16.8. The first kappa shape index (κ1) is 25.1. The fourth-order valence-electron chi connectivity index (χ4n) is 5.96. The molecule has 3 aliphatic rings. The van der Waals surface area contributed by atoms with Crippen molar-refractivity contribution in [1.29, 1.82) is 0 Å². The van der Waals surface area contributed by atoms with Gasteiger partial charge in [-0.05, 0) is 56.3 Å². The van der Waals surface area contributed by atoms with E-state index in [1.54, 1.807) is 0 Å². The van der Waals surface area contributed by atoms with Gasteiger partial charge in [-0.3, -0.25) is 4.79 Å². The van der Waals surface area contributed by atoms with Gasteiger partial charge in [0.25, 0.3) is 0 Å². The second-order valence-corrected chi connectivity index (χ2v) is 10.9. The summed E-state index contributed by atoms with van der Waals surface area (Å²) in [5, 5.41) is 6.60. The quantitative estimate of drug-likeness (QED) is 0.471. The van der Waals surface area contributed by atoms with Crippen LogP contribution in [-0.4, -0.2) is 25.1 Å². The van der Waals surface area contributed by atoms with Gasteiger partial charge in [0, 0.05) is 17.2 Å². The molecule has 0 spiro atoms. The highest BCUT2D eigenvalue weighted by Crippen LogP contribution is 2.44. The van der Waals surface area contributed by atoms with Gasteiger partial charge < -0.3 is 20.1 Å². The topological polar surface area (TPSA) is 59.6 Å². The van der Waals surface area contributed by atoms with Gasteiger partial charge in [-0.2, -0.15) is 0 Å². The first-order valence-corrected chi connectivity index (χ1v) is 14.4. The van der Waals surface area contributed by atoms with Crippen LogP contribution in [0.1, 0.15) is 101 Å². The van der Waals surface area contributed by atoms with E-state index in [4.69, 9.17) is 9.47 Å². The Hall–Kier alpha value is -2.53. The third-order valence-corrected chi connectivity index (χ3v) is 8.12. The maximum Gasteiger partial charge on any atom is 0.237 e. The number of rotatable bonds is 5. The van der Waals surface area contributed by atoms with Gasteiger partial charge in [0.05, 0.1) is 18.7 Å². The van der Waals surface area contributed by atoms with E-state index in [-0.39, 0.29) is 18.0 Å². The molecule has 5 nitrogen and oxygen atoms in total. The Balaban J connectivity index is 1.26. The number of fused-ring (bicyclic) bond motifs is 2. The standard InChI is InChI=1S/C31H42N2O3/c34-31(27-16-12-20-32-27)33-30-25-15-10-11-17-28(25)36-29-21-24(18-19-26(29)30)35-22-23-13-8-6-4-2-1-3-5-7-9-14-23/h10-11,15,17-19,21,23,27,30,32H,1-9,12-14,16,20,22H2,(H,33,34)/t27-,30?/m0/s1. The van der Waals surface area contributed by atoms with Crippen LogP contribution in [0.15, 0.2) is 42.5 Å². The Bertz CT molecular complexity index is 989. The van der Waals surface area contributed by atoms with Crippen LogP contribution in [0.5, 0.6) is 17.2 Å². The lowest BCUT2D eigenvalue weighted by atomic mass is 9.93. The SMILES string of the molecule is O=C(NC1c2ccccc2Oc2cc(OCC3CCCCCCCCCCC3)ccc21)[C@@H]1CCCN1. The number of ether oxygens (including phenoxy) is 2. The van der Waals surface area contributed by atoms with Crippen molar-refractivity contribution < 1.29 is 14.3 Å². The number of para-hydroxylation sites is 1. The molecule has 2 aromatic carbocycles. The molecule has 2 aromatic rings. The summed E-state index contributed by atoms with van der Waals surface area (Å²) in [6.45, 7) is 1.67. The van der Waals surface area contributed by atoms with E-state index in [9.17, 15) is 4.79 Å². The van der Waals surface area contributed by atoms with Crippen molar-refractivity contribution in [1.82, 2.24) is 10.6 Å². The van der Waals surface area contributed by atoms with E-state index in [1.807, 2.05) is 36.4 Å². The number of hydrogen-bond acceptors (Lipinski definition) is 4.